The van der Waals surface area contributed by atoms with Gasteiger partial charge in [0.15, 0.2) is 0 Å². The molecule has 1 aliphatic rings. The van der Waals surface area contributed by atoms with Crippen LogP contribution in [0.3, 0.4) is 0 Å². The number of carbonyl (C=O) groups is 1. The van der Waals surface area contributed by atoms with Crippen molar-refractivity contribution in [3.8, 4) is 5.75 Å². The van der Waals surface area contributed by atoms with Crippen LogP contribution in [0.4, 0.5) is 0 Å². The molecule has 0 spiro atoms. The van der Waals surface area contributed by atoms with Crippen LogP contribution in [0.2, 0.25) is 0 Å². The van der Waals surface area contributed by atoms with Crippen molar-refractivity contribution in [1.29, 1.82) is 0 Å². The Morgan fingerprint density at radius 1 is 1.41 bits per heavy atom. The van der Waals surface area contributed by atoms with E-state index in [1.165, 1.54) is 12.5 Å². The minimum Gasteiger partial charge on any atom is -0.486 e. The van der Waals surface area contributed by atoms with Crippen molar-refractivity contribution in [3.05, 3.63) is 48.2 Å². The average molecular weight is 302 g/mol. The van der Waals surface area contributed by atoms with Crippen molar-refractivity contribution < 1.29 is 18.7 Å². The predicted octanol–water partition coefficient (Wildman–Crippen LogP) is 1.95. The molecule has 22 heavy (non-hydrogen) atoms. The normalized spacial score (nSPS) is 21.3. The second-order valence-electron chi connectivity index (χ2n) is 5.25. The lowest BCUT2D eigenvalue weighted by Crippen LogP contribution is -2.51. The molecule has 1 amide bonds. The van der Waals surface area contributed by atoms with E-state index < -0.39 is 0 Å². The van der Waals surface area contributed by atoms with Gasteiger partial charge in [-0.3, -0.25) is 9.78 Å². The lowest BCUT2D eigenvalue weighted by molar-refractivity contribution is -0.00302. The number of furan rings is 1. The van der Waals surface area contributed by atoms with Gasteiger partial charge in [-0.2, -0.15) is 0 Å². The van der Waals surface area contributed by atoms with Crippen molar-refractivity contribution >= 4 is 5.91 Å². The molecule has 6 heteroatoms. The van der Waals surface area contributed by atoms with Gasteiger partial charge in [-0.25, -0.2) is 0 Å². The maximum absolute atomic E-state index is 12.1. The number of aryl methyl sites for hydroxylation is 1. The number of aromatic nitrogens is 1. The Morgan fingerprint density at radius 3 is 3.05 bits per heavy atom. The van der Waals surface area contributed by atoms with Gasteiger partial charge in [0.05, 0.1) is 37.3 Å². The molecule has 3 heterocycles. The van der Waals surface area contributed by atoms with E-state index in [4.69, 9.17) is 13.9 Å². The largest absolute Gasteiger partial charge is 0.486 e. The number of carbonyl (C=O) groups excluding carboxylic acids is 1. The third-order valence-electron chi connectivity index (χ3n) is 3.56. The Hall–Kier alpha value is -2.34. The summed E-state index contributed by atoms with van der Waals surface area (Å²) >= 11 is 0. The number of amides is 1. The molecule has 1 N–H and O–H groups in total. The molecule has 0 radical (unpaired) electrons. The van der Waals surface area contributed by atoms with E-state index in [2.05, 4.69) is 10.3 Å². The molecule has 0 bridgehead atoms. The Balaban J connectivity index is 1.65. The minimum atomic E-state index is -0.211. The number of hydrogen-bond acceptors (Lipinski definition) is 5. The second kappa shape index (κ2) is 6.62. The maximum Gasteiger partial charge on any atom is 0.254 e. The van der Waals surface area contributed by atoms with Crippen LogP contribution >= 0.6 is 0 Å². The van der Waals surface area contributed by atoms with E-state index in [9.17, 15) is 4.79 Å². The van der Waals surface area contributed by atoms with Gasteiger partial charge in [0.25, 0.3) is 5.91 Å². The van der Waals surface area contributed by atoms with Gasteiger partial charge in [0.1, 0.15) is 18.1 Å². The molecule has 3 rings (SSSR count). The maximum atomic E-state index is 12.1. The fourth-order valence-corrected chi connectivity index (χ4v) is 2.34. The average Bonchev–Trinajstić information content (AvgIpc) is 3.06. The molecule has 2 aromatic heterocycles. The van der Waals surface area contributed by atoms with Gasteiger partial charge in [0.2, 0.25) is 0 Å². The summed E-state index contributed by atoms with van der Waals surface area (Å²) in [6.07, 6.45) is 5.15. The summed E-state index contributed by atoms with van der Waals surface area (Å²) in [6.45, 7) is 2.96. The molecule has 1 aliphatic heterocycles. The predicted molar refractivity (Wildman–Crippen MR) is 78.8 cm³/mol. The molecule has 2 atom stereocenters. The summed E-state index contributed by atoms with van der Waals surface area (Å²) < 4.78 is 16.3. The highest BCUT2D eigenvalue weighted by Gasteiger charge is 2.29. The molecule has 0 aromatic carbocycles. The van der Waals surface area contributed by atoms with Crippen LogP contribution < -0.4 is 10.1 Å². The van der Waals surface area contributed by atoms with E-state index >= 15 is 0 Å². The standard InChI is InChI=1S/C16H18N2O4/c1-11-2-3-13(8-17-11)22-15-5-7-21-10-14(15)18-16(19)12-4-6-20-9-12/h2-4,6,8-9,14-15H,5,7,10H2,1H3,(H,18,19)/t14-,15+/m0/s1. The van der Waals surface area contributed by atoms with Gasteiger partial charge in [-0.15, -0.1) is 0 Å². The fraction of sp³-hybridized carbons (Fsp3) is 0.375. The minimum absolute atomic E-state index is 0.144. The van der Waals surface area contributed by atoms with Crippen LogP contribution in [0.15, 0.2) is 41.3 Å². The zero-order valence-corrected chi connectivity index (χ0v) is 12.3. The van der Waals surface area contributed by atoms with Crippen molar-refractivity contribution in [3.63, 3.8) is 0 Å². The van der Waals surface area contributed by atoms with Crippen LogP contribution in [0.25, 0.3) is 0 Å². The number of hydrogen-bond donors (Lipinski definition) is 1. The summed E-state index contributed by atoms with van der Waals surface area (Å²) in [4.78, 5) is 16.3. The monoisotopic (exact) mass is 302 g/mol. The summed E-state index contributed by atoms with van der Waals surface area (Å²) in [5, 5.41) is 2.93. The smallest absolute Gasteiger partial charge is 0.254 e. The lowest BCUT2D eigenvalue weighted by atomic mass is 10.1. The van der Waals surface area contributed by atoms with E-state index in [1.54, 1.807) is 12.3 Å². The van der Waals surface area contributed by atoms with Crippen molar-refractivity contribution in [2.45, 2.75) is 25.5 Å². The summed E-state index contributed by atoms with van der Waals surface area (Å²) in [5.74, 6) is 0.500. The third-order valence-corrected chi connectivity index (χ3v) is 3.56. The van der Waals surface area contributed by atoms with Crippen LogP contribution in [0.1, 0.15) is 22.5 Å². The van der Waals surface area contributed by atoms with E-state index in [-0.39, 0.29) is 18.1 Å². The number of nitrogens with one attached hydrogen (secondary N) is 1. The number of ether oxygens (including phenoxy) is 2. The SMILES string of the molecule is Cc1ccc(O[C@@H]2CCOC[C@@H]2NC(=O)c2ccoc2)cn1. The second-order valence-corrected chi connectivity index (χ2v) is 5.25. The highest BCUT2D eigenvalue weighted by molar-refractivity contribution is 5.94. The van der Waals surface area contributed by atoms with E-state index in [0.717, 1.165) is 5.69 Å². The third kappa shape index (κ3) is 3.46. The van der Waals surface area contributed by atoms with Crippen LogP contribution in [0, 0.1) is 6.92 Å². The molecule has 0 aliphatic carbocycles. The van der Waals surface area contributed by atoms with Crippen LogP contribution in [-0.2, 0) is 4.74 Å². The van der Waals surface area contributed by atoms with Gasteiger partial charge in [-0.05, 0) is 25.1 Å². The van der Waals surface area contributed by atoms with Crippen LogP contribution in [0.5, 0.6) is 5.75 Å². The summed E-state index contributed by atoms with van der Waals surface area (Å²) in [7, 11) is 0. The molecular formula is C16H18N2O4. The first kappa shape index (κ1) is 14.6. The van der Waals surface area contributed by atoms with E-state index in [1.807, 2.05) is 19.1 Å². The Labute approximate surface area is 128 Å². The molecule has 6 nitrogen and oxygen atoms in total. The van der Waals surface area contributed by atoms with Gasteiger partial charge >= 0.3 is 0 Å². The first-order valence-corrected chi connectivity index (χ1v) is 7.22. The number of rotatable bonds is 4. The van der Waals surface area contributed by atoms with Crippen LogP contribution in [-0.4, -0.2) is 36.3 Å². The van der Waals surface area contributed by atoms with Gasteiger partial charge in [0, 0.05) is 12.1 Å². The highest BCUT2D eigenvalue weighted by Crippen LogP contribution is 2.18. The topological polar surface area (TPSA) is 73.6 Å². The number of pyridine rings is 1. The summed E-state index contributed by atoms with van der Waals surface area (Å²) in [5.41, 5.74) is 1.42. The highest BCUT2D eigenvalue weighted by atomic mass is 16.5. The molecule has 0 unspecified atom stereocenters. The zero-order chi connectivity index (χ0) is 15.4. The van der Waals surface area contributed by atoms with E-state index in [0.29, 0.717) is 30.9 Å². The molecule has 0 saturated carbocycles. The van der Waals surface area contributed by atoms with Crippen molar-refractivity contribution in [2.24, 2.45) is 0 Å². The molecule has 116 valence electrons. The van der Waals surface area contributed by atoms with Crippen molar-refractivity contribution in [1.82, 2.24) is 10.3 Å². The molecule has 2 aromatic rings. The van der Waals surface area contributed by atoms with Gasteiger partial charge < -0.3 is 19.2 Å². The lowest BCUT2D eigenvalue weighted by Gasteiger charge is -2.32. The fourth-order valence-electron chi connectivity index (χ4n) is 2.34. The van der Waals surface area contributed by atoms with Crippen molar-refractivity contribution in [2.75, 3.05) is 13.2 Å². The quantitative estimate of drug-likeness (QED) is 0.934. The first-order valence-electron chi connectivity index (χ1n) is 7.22. The van der Waals surface area contributed by atoms with Gasteiger partial charge in [-0.1, -0.05) is 0 Å². The molecule has 1 saturated heterocycles. The Bertz CT molecular complexity index is 610. The molecule has 1 fully saturated rings. The Morgan fingerprint density at radius 2 is 2.32 bits per heavy atom. The zero-order valence-electron chi connectivity index (χ0n) is 12.3. The number of nitrogens with zero attached hydrogens (tertiary/aromatic N) is 1. The Kier molecular flexibility index (Phi) is 4.39. The summed E-state index contributed by atoms with van der Waals surface area (Å²) in [6, 6.07) is 5.19. The molecular weight excluding hydrogens is 284 g/mol. The first-order chi connectivity index (χ1) is 10.7.